The number of rotatable bonds is 9. The standard InChI is InChI=1S/C18H29NOS/c20-13-7-14-21-15-12-19-18(16-8-3-1-4-9-16)17-10-5-2-6-11-17/h1,3-4,8-9,17-20H,2,5-7,10-15H2. The van der Waals surface area contributed by atoms with Crippen molar-refractivity contribution < 1.29 is 5.11 Å². The van der Waals surface area contributed by atoms with Crippen LogP contribution in [0.5, 0.6) is 0 Å². The average Bonchev–Trinajstić information content (AvgIpc) is 2.56. The molecule has 0 spiro atoms. The lowest BCUT2D eigenvalue weighted by atomic mass is 9.81. The van der Waals surface area contributed by atoms with Crippen LogP contribution < -0.4 is 5.32 Å². The molecule has 0 bridgehead atoms. The number of hydrogen-bond acceptors (Lipinski definition) is 3. The molecule has 2 nitrogen and oxygen atoms in total. The van der Waals surface area contributed by atoms with Crippen LogP contribution in [0.15, 0.2) is 30.3 Å². The van der Waals surface area contributed by atoms with E-state index in [1.165, 1.54) is 37.7 Å². The first-order valence-corrected chi connectivity index (χ1v) is 9.54. The summed E-state index contributed by atoms with van der Waals surface area (Å²) in [4.78, 5) is 0. The molecule has 0 radical (unpaired) electrons. The molecule has 1 aromatic carbocycles. The molecular weight excluding hydrogens is 278 g/mol. The van der Waals surface area contributed by atoms with Gasteiger partial charge < -0.3 is 10.4 Å². The van der Waals surface area contributed by atoms with Crippen molar-refractivity contribution in [3.8, 4) is 0 Å². The van der Waals surface area contributed by atoms with Gasteiger partial charge in [0.15, 0.2) is 0 Å². The van der Waals surface area contributed by atoms with Gasteiger partial charge in [0.1, 0.15) is 0 Å². The van der Waals surface area contributed by atoms with Gasteiger partial charge in [-0.25, -0.2) is 0 Å². The lowest BCUT2D eigenvalue weighted by molar-refractivity contribution is 0.275. The van der Waals surface area contributed by atoms with E-state index in [0.29, 0.717) is 12.6 Å². The molecule has 0 aliphatic heterocycles. The molecule has 1 saturated carbocycles. The summed E-state index contributed by atoms with van der Waals surface area (Å²) in [5.41, 5.74) is 1.45. The number of thioether (sulfide) groups is 1. The summed E-state index contributed by atoms with van der Waals surface area (Å²) >= 11 is 1.94. The van der Waals surface area contributed by atoms with E-state index in [1.807, 2.05) is 11.8 Å². The van der Waals surface area contributed by atoms with Crippen LogP contribution in [0.3, 0.4) is 0 Å². The highest BCUT2D eigenvalue weighted by Gasteiger charge is 2.24. The Kier molecular flexibility index (Phi) is 8.23. The molecule has 0 saturated heterocycles. The zero-order valence-electron chi connectivity index (χ0n) is 13.0. The number of aliphatic hydroxyl groups excluding tert-OH is 1. The van der Waals surface area contributed by atoms with E-state index in [2.05, 4.69) is 35.6 Å². The maximum Gasteiger partial charge on any atom is 0.0438 e. The van der Waals surface area contributed by atoms with Crippen molar-refractivity contribution in [3.05, 3.63) is 35.9 Å². The Morgan fingerprint density at radius 2 is 1.86 bits per heavy atom. The number of hydrogen-bond donors (Lipinski definition) is 2. The molecule has 1 aliphatic rings. The minimum absolute atomic E-state index is 0.315. The van der Waals surface area contributed by atoms with Crippen molar-refractivity contribution in [2.45, 2.75) is 44.6 Å². The normalized spacial score (nSPS) is 17.8. The van der Waals surface area contributed by atoms with E-state index in [1.54, 1.807) is 0 Å². The molecule has 1 fully saturated rings. The number of aliphatic hydroxyl groups is 1. The number of nitrogens with one attached hydrogen (secondary N) is 1. The first kappa shape index (κ1) is 16.9. The van der Waals surface area contributed by atoms with E-state index in [9.17, 15) is 0 Å². The third-order valence-corrected chi connectivity index (χ3v) is 5.41. The average molecular weight is 308 g/mol. The second-order valence-corrected chi connectivity index (χ2v) is 7.15. The Morgan fingerprint density at radius 1 is 1.10 bits per heavy atom. The molecule has 1 atom stereocenters. The second-order valence-electron chi connectivity index (χ2n) is 5.93. The molecule has 2 N–H and O–H groups in total. The smallest absolute Gasteiger partial charge is 0.0438 e. The van der Waals surface area contributed by atoms with Gasteiger partial charge in [-0.2, -0.15) is 11.8 Å². The summed E-state index contributed by atoms with van der Waals surface area (Å²) in [6, 6.07) is 11.5. The van der Waals surface area contributed by atoms with Crippen LogP contribution in [0.25, 0.3) is 0 Å². The van der Waals surface area contributed by atoms with E-state index in [4.69, 9.17) is 5.11 Å². The Balaban J connectivity index is 1.83. The molecule has 2 rings (SSSR count). The van der Waals surface area contributed by atoms with E-state index >= 15 is 0 Å². The van der Waals surface area contributed by atoms with Crippen molar-refractivity contribution in [2.24, 2.45) is 5.92 Å². The second kappa shape index (κ2) is 10.3. The van der Waals surface area contributed by atoms with E-state index in [0.717, 1.165) is 30.4 Å². The fourth-order valence-corrected chi connectivity index (χ4v) is 4.04. The van der Waals surface area contributed by atoms with Gasteiger partial charge in [0.2, 0.25) is 0 Å². The highest BCUT2D eigenvalue weighted by molar-refractivity contribution is 7.99. The van der Waals surface area contributed by atoms with Gasteiger partial charge in [-0.05, 0) is 36.5 Å². The molecule has 1 unspecified atom stereocenters. The van der Waals surface area contributed by atoms with Crippen LogP contribution in [0, 0.1) is 5.92 Å². The summed E-state index contributed by atoms with van der Waals surface area (Å²) in [5, 5.41) is 12.6. The van der Waals surface area contributed by atoms with Crippen molar-refractivity contribution in [3.63, 3.8) is 0 Å². The lowest BCUT2D eigenvalue weighted by Gasteiger charge is -2.31. The molecule has 21 heavy (non-hydrogen) atoms. The SMILES string of the molecule is OCCCSCCNC(c1ccccc1)C1CCCCC1. The summed E-state index contributed by atoms with van der Waals surface area (Å²) in [6.07, 6.45) is 7.83. The predicted molar refractivity (Wildman–Crippen MR) is 92.8 cm³/mol. The van der Waals surface area contributed by atoms with Crippen LogP contribution in [0.2, 0.25) is 0 Å². The monoisotopic (exact) mass is 307 g/mol. The molecule has 0 aromatic heterocycles. The fraction of sp³-hybridized carbons (Fsp3) is 0.667. The molecule has 1 aliphatic carbocycles. The van der Waals surface area contributed by atoms with Gasteiger partial charge in [0.05, 0.1) is 0 Å². The number of benzene rings is 1. The van der Waals surface area contributed by atoms with Crippen molar-refractivity contribution in [1.82, 2.24) is 5.32 Å². The van der Waals surface area contributed by atoms with Gasteiger partial charge in [0, 0.05) is 24.9 Å². The Labute approximate surface area is 133 Å². The zero-order valence-corrected chi connectivity index (χ0v) is 13.8. The van der Waals surface area contributed by atoms with Crippen LogP contribution in [-0.2, 0) is 0 Å². The maximum atomic E-state index is 8.80. The van der Waals surface area contributed by atoms with Crippen LogP contribution in [0.1, 0.15) is 50.1 Å². The Morgan fingerprint density at radius 3 is 2.57 bits per heavy atom. The molecule has 3 heteroatoms. The predicted octanol–water partition coefficient (Wildman–Crippen LogP) is 4.01. The highest BCUT2D eigenvalue weighted by Crippen LogP contribution is 2.34. The largest absolute Gasteiger partial charge is 0.396 e. The topological polar surface area (TPSA) is 32.3 Å². The lowest BCUT2D eigenvalue weighted by Crippen LogP contribution is -2.31. The first-order valence-electron chi connectivity index (χ1n) is 8.38. The van der Waals surface area contributed by atoms with Crippen LogP contribution >= 0.6 is 11.8 Å². The van der Waals surface area contributed by atoms with Gasteiger partial charge in [0.25, 0.3) is 0 Å². The first-order chi connectivity index (χ1) is 10.4. The zero-order chi connectivity index (χ0) is 14.8. The summed E-state index contributed by atoms with van der Waals surface area (Å²) in [7, 11) is 0. The maximum absolute atomic E-state index is 8.80. The van der Waals surface area contributed by atoms with Crippen molar-refractivity contribution in [2.75, 3.05) is 24.7 Å². The third kappa shape index (κ3) is 6.01. The molecule has 0 amide bonds. The quantitative estimate of drug-likeness (QED) is 0.676. The van der Waals surface area contributed by atoms with Crippen LogP contribution in [0.4, 0.5) is 0 Å². The molecular formula is C18H29NOS. The van der Waals surface area contributed by atoms with Crippen molar-refractivity contribution in [1.29, 1.82) is 0 Å². The Bertz CT molecular complexity index is 365. The Hall–Kier alpha value is -0.510. The van der Waals surface area contributed by atoms with E-state index < -0.39 is 0 Å². The van der Waals surface area contributed by atoms with E-state index in [-0.39, 0.29) is 0 Å². The molecule has 1 aromatic rings. The summed E-state index contributed by atoms with van der Waals surface area (Å²) < 4.78 is 0. The molecule has 118 valence electrons. The molecule has 0 heterocycles. The van der Waals surface area contributed by atoms with Crippen molar-refractivity contribution >= 4 is 11.8 Å². The summed E-state index contributed by atoms with van der Waals surface area (Å²) in [5.74, 6) is 3.00. The van der Waals surface area contributed by atoms with Gasteiger partial charge in [-0.1, -0.05) is 49.6 Å². The summed E-state index contributed by atoms with van der Waals surface area (Å²) in [6.45, 7) is 1.38. The minimum Gasteiger partial charge on any atom is -0.396 e. The highest BCUT2D eigenvalue weighted by atomic mass is 32.2. The fourth-order valence-electron chi connectivity index (χ4n) is 3.24. The van der Waals surface area contributed by atoms with Gasteiger partial charge in [-0.15, -0.1) is 0 Å². The van der Waals surface area contributed by atoms with Crippen LogP contribution in [-0.4, -0.2) is 29.8 Å². The third-order valence-electron chi connectivity index (χ3n) is 4.34. The van der Waals surface area contributed by atoms with Gasteiger partial charge >= 0.3 is 0 Å². The van der Waals surface area contributed by atoms with Gasteiger partial charge in [-0.3, -0.25) is 0 Å². The minimum atomic E-state index is 0.315.